The summed E-state index contributed by atoms with van der Waals surface area (Å²) in [6.45, 7) is 2.29. The lowest BCUT2D eigenvalue weighted by molar-refractivity contribution is 0.0280. The van der Waals surface area contributed by atoms with E-state index in [2.05, 4.69) is 31.2 Å². The first-order valence-corrected chi connectivity index (χ1v) is 7.95. The number of aliphatic hydroxyl groups is 1. The van der Waals surface area contributed by atoms with Crippen molar-refractivity contribution < 1.29 is 5.11 Å². The molecule has 1 saturated carbocycles. The molecule has 2 aliphatic rings. The molecule has 2 atom stereocenters. The smallest absolute Gasteiger partial charge is 0.0599 e. The van der Waals surface area contributed by atoms with Crippen molar-refractivity contribution in [2.45, 2.75) is 70.3 Å². The van der Waals surface area contributed by atoms with Crippen LogP contribution in [0.1, 0.15) is 68.9 Å². The van der Waals surface area contributed by atoms with Crippen molar-refractivity contribution in [2.24, 2.45) is 5.41 Å². The average Bonchev–Trinajstić information content (AvgIpc) is 2.87. The SMILES string of the molecule is CC1(C(O)CC2CCCc3ccccc32)CCCC1. The lowest BCUT2D eigenvalue weighted by atomic mass is 9.74. The third-order valence-electron chi connectivity index (χ3n) is 5.55. The number of rotatable bonds is 3. The number of benzene rings is 1. The predicted octanol–water partition coefficient (Wildman–Crippen LogP) is 4.44. The molecule has 1 N–H and O–H groups in total. The van der Waals surface area contributed by atoms with Crippen molar-refractivity contribution in [3.63, 3.8) is 0 Å². The van der Waals surface area contributed by atoms with E-state index in [4.69, 9.17) is 0 Å². The monoisotopic (exact) mass is 258 g/mol. The molecule has 2 aliphatic carbocycles. The van der Waals surface area contributed by atoms with Gasteiger partial charge in [0, 0.05) is 0 Å². The van der Waals surface area contributed by atoms with Crippen LogP contribution >= 0.6 is 0 Å². The van der Waals surface area contributed by atoms with Crippen LogP contribution in [0, 0.1) is 5.41 Å². The fourth-order valence-electron chi connectivity index (χ4n) is 4.17. The Morgan fingerprint density at radius 2 is 1.95 bits per heavy atom. The largest absolute Gasteiger partial charge is 0.393 e. The number of hydrogen-bond acceptors (Lipinski definition) is 1. The zero-order valence-electron chi connectivity index (χ0n) is 12.1. The van der Waals surface area contributed by atoms with Crippen LogP contribution in [0.5, 0.6) is 0 Å². The van der Waals surface area contributed by atoms with E-state index in [1.807, 2.05) is 0 Å². The molecule has 1 heteroatoms. The number of hydrogen-bond donors (Lipinski definition) is 1. The second kappa shape index (κ2) is 5.28. The second-order valence-corrected chi connectivity index (χ2v) is 6.90. The number of aryl methyl sites for hydroxylation is 1. The summed E-state index contributed by atoms with van der Waals surface area (Å²) in [6, 6.07) is 8.85. The second-order valence-electron chi connectivity index (χ2n) is 6.90. The van der Waals surface area contributed by atoms with Gasteiger partial charge in [-0.1, -0.05) is 44.0 Å². The van der Waals surface area contributed by atoms with Crippen LogP contribution in [0.2, 0.25) is 0 Å². The molecule has 3 rings (SSSR count). The lowest BCUT2D eigenvalue weighted by Gasteiger charge is -2.34. The van der Waals surface area contributed by atoms with Crippen molar-refractivity contribution in [2.75, 3.05) is 0 Å². The fourth-order valence-corrected chi connectivity index (χ4v) is 4.17. The van der Waals surface area contributed by atoms with Crippen LogP contribution < -0.4 is 0 Å². The molecular weight excluding hydrogens is 232 g/mol. The molecule has 0 spiro atoms. The Morgan fingerprint density at radius 1 is 1.21 bits per heavy atom. The molecular formula is C18H26O. The Hall–Kier alpha value is -0.820. The van der Waals surface area contributed by atoms with Crippen molar-refractivity contribution in [1.82, 2.24) is 0 Å². The molecule has 0 heterocycles. The zero-order valence-corrected chi connectivity index (χ0v) is 12.1. The van der Waals surface area contributed by atoms with Gasteiger partial charge in [0.15, 0.2) is 0 Å². The Balaban J connectivity index is 1.74. The standard InChI is InChI=1S/C18H26O/c1-18(11-4-5-12-18)17(19)13-15-9-6-8-14-7-2-3-10-16(14)15/h2-3,7,10,15,17,19H,4-6,8-9,11-13H2,1H3. The predicted molar refractivity (Wildman–Crippen MR) is 79.3 cm³/mol. The lowest BCUT2D eigenvalue weighted by Crippen LogP contribution is -2.31. The minimum absolute atomic E-state index is 0.119. The average molecular weight is 258 g/mol. The van der Waals surface area contributed by atoms with Gasteiger partial charge in [0.25, 0.3) is 0 Å². The van der Waals surface area contributed by atoms with Gasteiger partial charge in [-0.2, -0.15) is 0 Å². The number of fused-ring (bicyclic) bond motifs is 1. The Bertz CT molecular complexity index is 431. The molecule has 1 aromatic carbocycles. The maximum absolute atomic E-state index is 10.7. The molecule has 1 aromatic rings. The normalized spacial score (nSPS) is 26.9. The third-order valence-corrected chi connectivity index (χ3v) is 5.55. The van der Waals surface area contributed by atoms with E-state index in [1.165, 1.54) is 56.1 Å². The van der Waals surface area contributed by atoms with E-state index in [1.54, 1.807) is 0 Å². The first kappa shape index (κ1) is 13.2. The van der Waals surface area contributed by atoms with Gasteiger partial charge in [0.2, 0.25) is 0 Å². The van der Waals surface area contributed by atoms with Crippen molar-refractivity contribution in [3.05, 3.63) is 35.4 Å². The molecule has 2 unspecified atom stereocenters. The Morgan fingerprint density at radius 3 is 2.74 bits per heavy atom. The van der Waals surface area contributed by atoms with Gasteiger partial charge >= 0.3 is 0 Å². The summed E-state index contributed by atoms with van der Waals surface area (Å²) in [7, 11) is 0. The summed E-state index contributed by atoms with van der Waals surface area (Å²) in [5.74, 6) is 0.581. The molecule has 0 bridgehead atoms. The maximum atomic E-state index is 10.7. The maximum Gasteiger partial charge on any atom is 0.0599 e. The van der Waals surface area contributed by atoms with Gasteiger partial charge in [0.05, 0.1) is 6.10 Å². The minimum atomic E-state index is -0.119. The summed E-state index contributed by atoms with van der Waals surface area (Å²) in [6.07, 6.45) is 9.63. The van der Waals surface area contributed by atoms with E-state index >= 15 is 0 Å². The van der Waals surface area contributed by atoms with Gasteiger partial charge in [-0.3, -0.25) is 0 Å². The first-order chi connectivity index (χ1) is 9.19. The summed E-state index contributed by atoms with van der Waals surface area (Å²) in [5.41, 5.74) is 3.21. The van der Waals surface area contributed by atoms with Crippen LogP contribution in [0.25, 0.3) is 0 Å². The van der Waals surface area contributed by atoms with Gasteiger partial charge in [-0.05, 0) is 61.0 Å². The van der Waals surface area contributed by atoms with Gasteiger partial charge in [0.1, 0.15) is 0 Å². The van der Waals surface area contributed by atoms with Crippen molar-refractivity contribution in [3.8, 4) is 0 Å². The summed E-state index contributed by atoms with van der Waals surface area (Å²) in [4.78, 5) is 0. The van der Waals surface area contributed by atoms with E-state index in [0.29, 0.717) is 5.92 Å². The highest BCUT2D eigenvalue weighted by Gasteiger charge is 2.37. The van der Waals surface area contributed by atoms with Gasteiger partial charge in [-0.25, -0.2) is 0 Å². The third kappa shape index (κ3) is 2.58. The molecule has 0 saturated heterocycles. The highest BCUT2D eigenvalue weighted by molar-refractivity contribution is 5.32. The van der Waals surface area contributed by atoms with E-state index in [9.17, 15) is 5.11 Å². The van der Waals surface area contributed by atoms with E-state index in [-0.39, 0.29) is 11.5 Å². The molecule has 104 valence electrons. The molecule has 19 heavy (non-hydrogen) atoms. The fraction of sp³-hybridized carbons (Fsp3) is 0.667. The quantitative estimate of drug-likeness (QED) is 0.850. The zero-order chi connectivity index (χ0) is 13.3. The topological polar surface area (TPSA) is 20.2 Å². The first-order valence-electron chi connectivity index (χ1n) is 7.95. The summed E-state index contributed by atoms with van der Waals surface area (Å²) < 4.78 is 0. The van der Waals surface area contributed by atoms with Crippen LogP contribution in [0.3, 0.4) is 0 Å². The minimum Gasteiger partial charge on any atom is -0.393 e. The molecule has 1 nitrogen and oxygen atoms in total. The molecule has 0 amide bonds. The van der Waals surface area contributed by atoms with Crippen LogP contribution in [-0.4, -0.2) is 11.2 Å². The van der Waals surface area contributed by atoms with E-state index in [0.717, 1.165) is 6.42 Å². The van der Waals surface area contributed by atoms with Crippen molar-refractivity contribution in [1.29, 1.82) is 0 Å². The highest BCUT2D eigenvalue weighted by Crippen LogP contribution is 2.45. The Kier molecular flexibility index (Phi) is 3.66. The number of aliphatic hydroxyl groups excluding tert-OH is 1. The van der Waals surface area contributed by atoms with Gasteiger partial charge < -0.3 is 5.11 Å². The van der Waals surface area contributed by atoms with E-state index < -0.39 is 0 Å². The summed E-state index contributed by atoms with van der Waals surface area (Å²) >= 11 is 0. The molecule has 0 radical (unpaired) electrons. The molecule has 1 fully saturated rings. The Labute approximate surface area is 117 Å². The molecule has 0 aromatic heterocycles. The van der Waals surface area contributed by atoms with Crippen molar-refractivity contribution >= 4 is 0 Å². The molecule has 0 aliphatic heterocycles. The van der Waals surface area contributed by atoms with Crippen LogP contribution in [-0.2, 0) is 6.42 Å². The van der Waals surface area contributed by atoms with Crippen LogP contribution in [0.4, 0.5) is 0 Å². The summed E-state index contributed by atoms with van der Waals surface area (Å²) in [5, 5.41) is 10.7. The highest BCUT2D eigenvalue weighted by atomic mass is 16.3. The van der Waals surface area contributed by atoms with Gasteiger partial charge in [-0.15, -0.1) is 0 Å². The van der Waals surface area contributed by atoms with Crippen LogP contribution in [0.15, 0.2) is 24.3 Å².